The second-order valence-electron chi connectivity index (χ2n) is 6.57. The number of nitrogens with one attached hydrogen (secondary N) is 2. The van der Waals surface area contributed by atoms with Crippen LogP contribution >= 0.6 is 23.1 Å². The van der Waals surface area contributed by atoms with Crippen molar-refractivity contribution in [2.45, 2.75) is 26.4 Å². The molecule has 1 unspecified atom stereocenters. The Bertz CT molecular complexity index is 803. The van der Waals surface area contributed by atoms with Crippen molar-refractivity contribution >= 4 is 46.0 Å². The van der Waals surface area contributed by atoms with Gasteiger partial charge >= 0.3 is 6.03 Å². The zero-order valence-electron chi connectivity index (χ0n) is 15.1. The molecule has 0 aliphatic carbocycles. The second kappa shape index (κ2) is 8.58. The quantitative estimate of drug-likeness (QED) is 0.746. The zero-order chi connectivity index (χ0) is 19.4. The van der Waals surface area contributed by atoms with Gasteiger partial charge in [-0.15, -0.1) is 11.3 Å². The highest BCUT2D eigenvalue weighted by atomic mass is 32.2. The van der Waals surface area contributed by atoms with Crippen molar-refractivity contribution in [1.29, 1.82) is 0 Å². The van der Waals surface area contributed by atoms with E-state index in [1.807, 2.05) is 17.5 Å². The van der Waals surface area contributed by atoms with Gasteiger partial charge in [-0.1, -0.05) is 43.8 Å². The number of hydrogen-bond donors (Lipinski definition) is 2. The zero-order valence-corrected chi connectivity index (χ0v) is 16.7. The molecule has 2 aromatic rings. The van der Waals surface area contributed by atoms with Crippen LogP contribution in [0.2, 0.25) is 0 Å². The van der Waals surface area contributed by atoms with Gasteiger partial charge in [0.25, 0.3) is 5.24 Å². The van der Waals surface area contributed by atoms with E-state index in [9.17, 15) is 14.4 Å². The summed E-state index contributed by atoms with van der Waals surface area (Å²) in [4.78, 5) is 38.1. The van der Waals surface area contributed by atoms with Crippen molar-refractivity contribution in [1.82, 2.24) is 10.2 Å². The van der Waals surface area contributed by atoms with Gasteiger partial charge in [-0.25, -0.2) is 4.79 Å². The largest absolute Gasteiger partial charge is 0.330 e. The molecule has 1 aromatic carbocycles. The second-order valence-corrected chi connectivity index (χ2v) is 8.47. The third-order valence-corrected chi connectivity index (χ3v) is 6.01. The average Bonchev–Trinajstić information content (AvgIpc) is 3.27. The van der Waals surface area contributed by atoms with E-state index in [1.165, 1.54) is 4.90 Å². The van der Waals surface area contributed by atoms with Gasteiger partial charge in [0.15, 0.2) is 0 Å². The molecule has 6 nitrogen and oxygen atoms in total. The fourth-order valence-electron chi connectivity index (χ4n) is 2.75. The lowest BCUT2D eigenvalue weighted by molar-refractivity contribution is -0.125. The molecule has 1 aromatic heterocycles. The molecule has 2 N–H and O–H groups in total. The van der Waals surface area contributed by atoms with Crippen LogP contribution in [0.25, 0.3) is 0 Å². The molecular formula is C19H21N3O3S2. The van der Waals surface area contributed by atoms with Crippen LogP contribution in [-0.2, 0) is 11.3 Å². The summed E-state index contributed by atoms with van der Waals surface area (Å²) < 4.78 is 0. The molecule has 1 fully saturated rings. The smallest absolute Gasteiger partial charge is 0.319 e. The molecule has 142 valence electrons. The molecule has 4 amide bonds. The van der Waals surface area contributed by atoms with E-state index in [0.29, 0.717) is 5.69 Å². The van der Waals surface area contributed by atoms with Crippen molar-refractivity contribution < 1.29 is 14.4 Å². The molecule has 8 heteroatoms. The Morgan fingerprint density at radius 2 is 1.93 bits per heavy atom. The number of carbonyl (C=O) groups excluding carboxylic acids is 3. The number of urea groups is 1. The number of rotatable bonds is 6. The summed E-state index contributed by atoms with van der Waals surface area (Å²) in [7, 11) is 0. The summed E-state index contributed by atoms with van der Waals surface area (Å²) >= 11 is 2.65. The van der Waals surface area contributed by atoms with Gasteiger partial charge in [0.2, 0.25) is 5.91 Å². The van der Waals surface area contributed by atoms with E-state index in [1.54, 1.807) is 35.6 Å². The number of imide groups is 1. The summed E-state index contributed by atoms with van der Waals surface area (Å²) in [6.07, 6.45) is 0. The van der Waals surface area contributed by atoms with Gasteiger partial charge in [0, 0.05) is 10.6 Å². The van der Waals surface area contributed by atoms with Gasteiger partial charge in [0.1, 0.15) is 0 Å². The minimum absolute atomic E-state index is 0.0473. The van der Waals surface area contributed by atoms with Crippen LogP contribution in [-0.4, -0.2) is 27.8 Å². The number of nitrogens with zero attached hydrogens (tertiary/aromatic N) is 1. The molecule has 1 aliphatic heterocycles. The third-order valence-electron chi connectivity index (χ3n) is 4.20. The minimum atomic E-state index is -0.267. The first-order chi connectivity index (χ1) is 12.9. The van der Waals surface area contributed by atoms with E-state index in [2.05, 4.69) is 24.5 Å². The lowest BCUT2D eigenvalue weighted by Crippen LogP contribution is -2.34. The summed E-state index contributed by atoms with van der Waals surface area (Å²) in [6, 6.07) is 10.8. The van der Waals surface area contributed by atoms with Crippen LogP contribution in [0, 0.1) is 5.92 Å². The Morgan fingerprint density at radius 3 is 2.48 bits per heavy atom. The van der Waals surface area contributed by atoms with Crippen molar-refractivity contribution in [3.8, 4) is 0 Å². The van der Waals surface area contributed by atoms with E-state index in [0.717, 1.165) is 22.2 Å². The summed E-state index contributed by atoms with van der Waals surface area (Å²) in [5.74, 6) is 0.310. The molecule has 1 saturated heterocycles. The predicted molar refractivity (Wildman–Crippen MR) is 109 cm³/mol. The topological polar surface area (TPSA) is 78.5 Å². The molecule has 1 atom stereocenters. The molecule has 3 rings (SSSR count). The van der Waals surface area contributed by atoms with Crippen LogP contribution < -0.4 is 10.6 Å². The summed E-state index contributed by atoms with van der Waals surface area (Å²) in [5.41, 5.74) is 1.49. The Hall–Kier alpha value is -2.32. The minimum Gasteiger partial charge on any atom is -0.330 e. The maximum Gasteiger partial charge on any atom is 0.319 e. The number of thioether (sulfide) groups is 1. The van der Waals surface area contributed by atoms with Gasteiger partial charge in [-0.2, -0.15) is 0 Å². The number of amides is 4. The maximum atomic E-state index is 12.4. The third kappa shape index (κ3) is 4.90. The van der Waals surface area contributed by atoms with E-state index < -0.39 is 0 Å². The first-order valence-electron chi connectivity index (χ1n) is 8.61. The SMILES string of the molecule is CC(C)C(NC(=O)Nc1ccc(CN2C(=O)CSC2=O)cc1)c1cccs1. The Balaban J connectivity index is 1.58. The van der Waals surface area contributed by atoms with Crippen LogP contribution in [0.4, 0.5) is 15.3 Å². The molecule has 0 bridgehead atoms. The predicted octanol–water partition coefficient (Wildman–Crippen LogP) is 4.46. The molecule has 0 saturated carbocycles. The first-order valence-corrected chi connectivity index (χ1v) is 10.5. The highest BCUT2D eigenvalue weighted by Crippen LogP contribution is 2.26. The number of benzene rings is 1. The Labute approximate surface area is 166 Å². The molecule has 1 aliphatic rings. The first kappa shape index (κ1) is 19.4. The normalized spacial score (nSPS) is 15.3. The molecule has 0 radical (unpaired) electrons. The Kier molecular flexibility index (Phi) is 6.18. The number of carbonyl (C=O) groups is 3. The lowest BCUT2D eigenvalue weighted by atomic mass is 10.0. The van der Waals surface area contributed by atoms with E-state index >= 15 is 0 Å². The summed E-state index contributed by atoms with van der Waals surface area (Å²) in [5, 5.41) is 7.63. The van der Waals surface area contributed by atoms with Crippen molar-refractivity contribution in [2.75, 3.05) is 11.1 Å². The fourth-order valence-corrected chi connectivity index (χ4v) is 4.43. The van der Waals surface area contributed by atoms with Crippen molar-refractivity contribution in [2.24, 2.45) is 5.92 Å². The lowest BCUT2D eigenvalue weighted by Gasteiger charge is -2.21. The van der Waals surface area contributed by atoms with Gasteiger partial charge in [0.05, 0.1) is 18.3 Å². The molecular weight excluding hydrogens is 382 g/mol. The molecule has 2 heterocycles. The van der Waals surface area contributed by atoms with Crippen molar-refractivity contribution in [3.63, 3.8) is 0 Å². The average molecular weight is 404 g/mol. The van der Waals surface area contributed by atoms with Crippen LogP contribution in [0.1, 0.15) is 30.3 Å². The highest BCUT2D eigenvalue weighted by Gasteiger charge is 2.29. The van der Waals surface area contributed by atoms with Crippen LogP contribution in [0.5, 0.6) is 0 Å². The Morgan fingerprint density at radius 1 is 1.19 bits per heavy atom. The summed E-state index contributed by atoms with van der Waals surface area (Å²) in [6.45, 7) is 4.39. The maximum absolute atomic E-state index is 12.4. The standard InChI is InChI=1S/C19H21N3O3S2/c1-12(2)17(15-4-3-9-26-15)21-18(24)20-14-7-5-13(6-8-14)10-22-16(23)11-27-19(22)25/h3-9,12,17H,10-11H2,1-2H3,(H2,20,21,24). The number of anilines is 1. The van der Waals surface area contributed by atoms with Gasteiger partial charge in [-0.3, -0.25) is 14.5 Å². The monoisotopic (exact) mass is 403 g/mol. The van der Waals surface area contributed by atoms with Crippen molar-refractivity contribution in [3.05, 3.63) is 52.2 Å². The van der Waals surface area contributed by atoms with Gasteiger partial charge in [-0.05, 0) is 35.1 Å². The number of thiophene rings is 1. The molecule has 0 spiro atoms. The number of hydrogen-bond acceptors (Lipinski definition) is 5. The van der Waals surface area contributed by atoms with Gasteiger partial charge < -0.3 is 10.6 Å². The molecule has 27 heavy (non-hydrogen) atoms. The van der Waals surface area contributed by atoms with E-state index in [4.69, 9.17) is 0 Å². The highest BCUT2D eigenvalue weighted by molar-refractivity contribution is 8.14. The van der Waals surface area contributed by atoms with E-state index in [-0.39, 0.29) is 41.4 Å². The van der Waals surface area contributed by atoms with Crippen LogP contribution in [0.15, 0.2) is 41.8 Å². The fraction of sp³-hybridized carbons (Fsp3) is 0.316. The van der Waals surface area contributed by atoms with Crippen LogP contribution in [0.3, 0.4) is 0 Å².